The summed E-state index contributed by atoms with van der Waals surface area (Å²) in [4.78, 5) is 0. The normalized spacial score (nSPS) is 11.0. The first-order valence-corrected chi connectivity index (χ1v) is 5.25. The highest BCUT2D eigenvalue weighted by Gasteiger charge is 2.07. The van der Waals surface area contributed by atoms with Gasteiger partial charge in [0.25, 0.3) is 0 Å². The van der Waals surface area contributed by atoms with Gasteiger partial charge < -0.3 is 5.11 Å². The summed E-state index contributed by atoms with van der Waals surface area (Å²) in [7, 11) is 0. The van der Waals surface area contributed by atoms with Crippen LogP contribution in [0.1, 0.15) is 36.1 Å². The van der Waals surface area contributed by atoms with Gasteiger partial charge >= 0.3 is 0 Å². The Kier molecular flexibility index (Phi) is 3.70. The molecule has 1 rings (SSSR count). The molecule has 1 N–H and O–H groups in total. The quantitative estimate of drug-likeness (QED) is 0.780. The molecule has 1 nitrogen and oxygen atoms in total. The van der Waals surface area contributed by atoms with E-state index in [2.05, 4.69) is 39.8 Å². The van der Waals surface area contributed by atoms with Crippen LogP contribution >= 0.6 is 0 Å². The third-order valence-electron chi connectivity index (χ3n) is 2.73. The molecule has 0 aromatic heterocycles. The van der Waals surface area contributed by atoms with Crippen LogP contribution in [0.25, 0.3) is 0 Å². The Morgan fingerprint density at radius 3 is 2.36 bits per heavy atom. The van der Waals surface area contributed by atoms with Crippen molar-refractivity contribution in [1.82, 2.24) is 0 Å². The fourth-order valence-corrected chi connectivity index (χ4v) is 1.84. The summed E-state index contributed by atoms with van der Waals surface area (Å²) < 4.78 is 0. The maximum absolute atomic E-state index is 9.26. The zero-order valence-electron chi connectivity index (χ0n) is 9.59. The van der Waals surface area contributed by atoms with Gasteiger partial charge in [-0.15, -0.1) is 0 Å². The van der Waals surface area contributed by atoms with Gasteiger partial charge in [-0.2, -0.15) is 0 Å². The van der Waals surface area contributed by atoms with Crippen molar-refractivity contribution in [3.63, 3.8) is 0 Å². The van der Waals surface area contributed by atoms with E-state index in [9.17, 15) is 5.11 Å². The van der Waals surface area contributed by atoms with E-state index in [1.807, 2.05) is 0 Å². The lowest BCUT2D eigenvalue weighted by molar-refractivity contribution is 0.280. The molecular formula is C13H20O. The Balaban J connectivity index is 3.08. The molecule has 1 aromatic carbocycles. The Morgan fingerprint density at radius 2 is 1.86 bits per heavy atom. The third kappa shape index (κ3) is 2.36. The Hall–Kier alpha value is -0.820. The molecule has 0 saturated carbocycles. The molecule has 0 aliphatic carbocycles. The van der Waals surface area contributed by atoms with Gasteiger partial charge in [0, 0.05) is 0 Å². The second-order valence-electron chi connectivity index (χ2n) is 4.40. The summed E-state index contributed by atoms with van der Waals surface area (Å²) in [6, 6.07) is 4.29. The van der Waals surface area contributed by atoms with E-state index in [0.29, 0.717) is 5.92 Å². The average Bonchev–Trinajstić information content (AvgIpc) is 2.10. The topological polar surface area (TPSA) is 20.2 Å². The molecule has 78 valence electrons. The fraction of sp³-hybridized carbons (Fsp3) is 0.538. The molecule has 0 spiro atoms. The molecule has 0 fully saturated rings. The highest BCUT2D eigenvalue weighted by Crippen LogP contribution is 2.20. The van der Waals surface area contributed by atoms with Gasteiger partial charge in [0.2, 0.25) is 0 Å². The summed E-state index contributed by atoms with van der Waals surface area (Å²) in [5.41, 5.74) is 4.93. The molecule has 0 aliphatic rings. The molecule has 0 unspecified atom stereocenters. The summed E-state index contributed by atoms with van der Waals surface area (Å²) in [6.45, 7) is 8.76. The monoisotopic (exact) mass is 192 g/mol. The average molecular weight is 192 g/mol. The number of aliphatic hydroxyl groups is 1. The first-order chi connectivity index (χ1) is 6.56. The van der Waals surface area contributed by atoms with Crippen molar-refractivity contribution < 1.29 is 5.11 Å². The number of rotatable bonds is 3. The molecule has 0 aliphatic heterocycles. The van der Waals surface area contributed by atoms with Crippen molar-refractivity contribution in [3.8, 4) is 0 Å². The van der Waals surface area contributed by atoms with E-state index in [0.717, 1.165) is 12.0 Å². The summed E-state index contributed by atoms with van der Waals surface area (Å²) in [5.74, 6) is 0.669. The predicted molar refractivity (Wildman–Crippen MR) is 60.4 cm³/mol. The molecule has 0 saturated heterocycles. The Bertz CT molecular complexity index is 313. The van der Waals surface area contributed by atoms with Crippen LogP contribution in [0.4, 0.5) is 0 Å². The number of aryl methyl sites for hydroxylation is 1. The molecule has 0 radical (unpaired) electrons. The molecular weight excluding hydrogens is 172 g/mol. The lowest BCUT2D eigenvalue weighted by Gasteiger charge is -2.14. The van der Waals surface area contributed by atoms with Crippen molar-refractivity contribution in [3.05, 3.63) is 34.4 Å². The SMILES string of the molecule is Cc1ccc(CC(C)C)c(C)c1CO. The first-order valence-electron chi connectivity index (χ1n) is 5.25. The van der Waals surface area contributed by atoms with Gasteiger partial charge in [0.1, 0.15) is 0 Å². The first kappa shape index (κ1) is 11.3. The fourth-order valence-electron chi connectivity index (χ4n) is 1.84. The summed E-state index contributed by atoms with van der Waals surface area (Å²) in [5, 5.41) is 9.26. The van der Waals surface area contributed by atoms with Crippen LogP contribution in [0.5, 0.6) is 0 Å². The van der Waals surface area contributed by atoms with Crippen LogP contribution in [0.2, 0.25) is 0 Å². The zero-order valence-corrected chi connectivity index (χ0v) is 9.59. The van der Waals surface area contributed by atoms with Crippen LogP contribution < -0.4 is 0 Å². The lowest BCUT2D eigenvalue weighted by atomic mass is 9.93. The van der Waals surface area contributed by atoms with Crippen LogP contribution in [0, 0.1) is 19.8 Å². The largest absolute Gasteiger partial charge is 0.392 e. The van der Waals surface area contributed by atoms with Gasteiger partial charge in [-0.05, 0) is 48.4 Å². The number of benzene rings is 1. The van der Waals surface area contributed by atoms with E-state index in [1.165, 1.54) is 16.7 Å². The van der Waals surface area contributed by atoms with Gasteiger partial charge in [0.15, 0.2) is 0 Å². The number of aliphatic hydroxyl groups excluding tert-OH is 1. The minimum Gasteiger partial charge on any atom is -0.392 e. The second-order valence-corrected chi connectivity index (χ2v) is 4.40. The Labute approximate surface area is 86.8 Å². The van der Waals surface area contributed by atoms with Crippen molar-refractivity contribution in [2.75, 3.05) is 0 Å². The Morgan fingerprint density at radius 1 is 1.21 bits per heavy atom. The second kappa shape index (κ2) is 4.61. The summed E-state index contributed by atoms with van der Waals surface area (Å²) in [6.07, 6.45) is 1.10. The standard InChI is InChI=1S/C13H20O/c1-9(2)7-12-6-5-10(3)13(8-14)11(12)4/h5-6,9,14H,7-8H2,1-4H3. The predicted octanol–water partition coefficient (Wildman–Crippen LogP) is 2.99. The van der Waals surface area contributed by atoms with Crippen molar-refractivity contribution in [2.24, 2.45) is 5.92 Å². The highest BCUT2D eigenvalue weighted by atomic mass is 16.3. The lowest BCUT2D eigenvalue weighted by Crippen LogP contribution is -2.02. The minimum atomic E-state index is 0.156. The van der Waals surface area contributed by atoms with Crippen LogP contribution in [-0.4, -0.2) is 5.11 Å². The van der Waals surface area contributed by atoms with Gasteiger partial charge in [-0.3, -0.25) is 0 Å². The van der Waals surface area contributed by atoms with Crippen LogP contribution in [0.3, 0.4) is 0 Å². The van der Waals surface area contributed by atoms with E-state index < -0.39 is 0 Å². The molecule has 1 heteroatoms. The molecule has 0 bridgehead atoms. The van der Waals surface area contributed by atoms with Crippen LogP contribution in [-0.2, 0) is 13.0 Å². The number of hydrogen-bond donors (Lipinski definition) is 1. The van der Waals surface area contributed by atoms with E-state index in [4.69, 9.17) is 0 Å². The molecule has 14 heavy (non-hydrogen) atoms. The third-order valence-corrected chi connectivity index (χ3v) is 2.73. The van der Waals surface area contributed by atoms with Gasteiger partial charge in [-0.25, -0.2) is 0 Å². The zero-order chi connectivity index (χ0) is 10.7. The highest BCUT2D eigenvalue weighted by molar-refractivity contribution is 5.39. The van der Waals surface area contributed by atoms with E-state index in [1.54, 1.807) is 0 Å². The minimum absolute atomic E-state index is 0.156. The van der Waals surface area contributed by atoms with Crippen molar-refractivity contribution in [1.29, 1.82) is 0 Å². The van der Waals surface area contributed by atoms with Gasteiger partial charge in [0.05, 0.1) is 6.61 Å². The molecule has 1 aromatic rings. The maximum atomic E-state index is 9.26. The van der Waals surface area contributed by atoms with Gasteiger partial charge in [-0.1, -0.05) is 26.0 Å². The molecule has 0 heterocycles. The van der Waals surface area contributed by atoms with Crippen molar-refractivity contribution >= 4 is 0 Å². The van der Waals surface area contributed by atoms with Crippen molar-refractivity contribution in [2.45, 2.75) is 40.7 Å². The van der Waals surface area contributed by atoms with E-state index >= 15 is 0 Å². The maximum Gasteiger partial charge on any atom is 0.0687 e. The number of hydrogen-bond acceptors (Lipinski definition) is 1. The summed E-state index contributed by atoms with van der Waals surface area (Å²) >= 11 is 0. The molecule has 0 atom stereocenters. The van der Waals surface area contributed by atoms with Crippen LogP contribution in [0.15, 0.2) is 12.1 Å². The molecule has 0 amide bonds. The smallest absolute Gasteiger partial charge is 0.0687 e. The van der Waals surface area contributed by atoms with E-state index in [-0.39, 0.29) is 6.61 Å².